The quantitative estimate of drug-likeness (QED) is 0.190. The van der Waals surface area contributed by atoms with E-state index in [4.69, 9.17) is 19.4 Å². The molecule has 11 rings (SSSR count). The highest BCUT2D eigenvalue weighted by atomic mass is 16.3. The van der Waals surface area contributed by atoms with Gasteiger partial charge in [-0.2, -0.15) is 9.97 Å². The molecule has 0 unspecified atom stereocenters. The molecule has 4 heterocycles. The average Bonchev–Trinajstić information content (AvgIpc) is 3.83. The molecule has 0 aliphatic carbocycles. The molecule has 0 aliphatic heterocycles. The predicted molar refractivity (Wildman–Crippen MR) is 207 cm³/mol. The number of nitrogens with zero attached hydrogens (tertiary/aromatic N) is 5. The molecule has 0 N–H and O–H groups in total. The summed E-state index contributed by atoms with van der Waals surface area (Å²) in [6, 6.07) is 56.7. The molecule has 7 aromatic carbocycles. The fraction of sp³-hybridized carbons (Fsp3) is 0. The summed E-state index contributed by atoms with van der Waals surface area (Å²) in [5.74, 6) is 1.82. The average molecular weight is 654 g/mol. The van der Waals surface area contributed by atoms with E-state index in [1.165, 1.54) is 0 Å². The van der Waals surface area contributed by atoms with Crippen molar-refractivity contribution in [1.82, 2.24) is 24.1 Å². The molecule has 0 radical (unpaired) electrons. The van der Waals surface area contributed by atoms with E-state index in [0.29, 0.717) is 17.6 Å². The third kappa shape index (κ3) is 4.20. The number of furan rings is 1. The van der Waals surface area contributed by atoms with E-state index in [1.807, 2.05) is 72.8 Å². The Hall–Kier alpha value is -7.05. The first-order valence-electron chi connectivity index (χ1n) is 17.0. The van der Waals surface area contributed by atoms with Gasteiger partial charge in [-0.25, -0.2) is 4.98 Å². The van der Waals surface area contributed by atoms with Gasteiger partial charge in [0, 0.05) is 49.1 Å². The lowest BCUT2D eigenvalue weighted by molar-refractivity contribution is 0.669. The van der Waals surface area contributed by atoms with Crippen molar-refractivity contribution in [3.8, 4) is 34.4 Å². The minimum absolute atomic E-state index is 0.569. The third-order valence-electron chi connectivity index (χ3n) is 9.96. The summed E-state index contributed by atoms with van der Waals surface area (Å²) in [6.07, 6.45) is 0. The summed E-state index contributed by atoms with van der Waals surface area (Å²) >= 11 is 0. The lowest BCUT2D eigenvalue weighted by Crippen LogP contribution is -2.06. The molecule has 11 aromatic rings. The van der Waals surface area contributed by atoms with Crippen LogP contribution in [0, 0.1) is 0 Å². The highest BCUT2D eigenvalue weighted by Crippen LogP contribution is 2.42. The van der Waals surface area contributed by atoms with Crippen molar-refractivity contribution in [2.45, 2.75) is 0 Å². The van der Waals surface area contributed by atoms with Crippen molar-refractivity contribution in [2.75, 3.05) is 0 Å². The van der Waals surface area contributed by atoms with Gasteiger partial charge in [-0.05, 0) is 48.5 Å². The van der Waals surface area contributed by atoms with Crippen LogP contribution < -0.4 is 0 Å². The Morgan fingerprint density at radius 3 is 1.63 bits per heavy atom. The molecule has 0 aliphatic rings. The maximum Gasteiger partial charge on any atom is 0.238 e. The maximum atomic E-state index is 6.40. The molecule has 0 saturated carbocycles. The van der Waals surface area contributed by atoms with E-state index in [1.54, 1.807) is 0 Å². The van der Waals surface area contributed by atoms with Crippen molar-refractivity contribution in [1.29, 1.82) is 0 Å². The zero-order valence-corrected chi connectivity index (χ0v) is 27.2. The highest BCUT2D eigenvalue weighted by Gasteiger charge is 2.22. The smallest absolute Gasteiger partial charge is 0.238 e. The van der Waals surface area contributed by atoms with Crippen LogP contribution in [0.25, 0.3) is 100.0 Å². The van der Waals surface area contributed by atoms with E-state index >= 15 is 0 Å². The van der Waals surface area contributed by atoms with Gasteiger partial charge < -0.3 is 8.98 Å². The summed E-state index contributed by atoms with van der Waals surface area (Å²) in [5.41, 5.74) is 8.98. The van der Waals surface area contributed by atoms with Crippen molar-refractivity contribution in [3.05, 3.63) is 164 Å². The van der Waals surface area contributed by atoms with E-state index < -0.39 is 0 Å². The van der Waals surface area contributed by atoms with Crippen molar-refractivity contribution in [2.24, 2.45) is 0 Å². The molecule has 0 fully saturated rings. The van der Waals surface area contributed by atoms with Gasteiger partial charge in [0.1, 0.15) is 11.2 Å². The normalized spacial score (nSPS) is 11.9. The van der Waals surface area contributed by atoms with E-state index in [-0.39, 0.29) is 0 Å². The first-order valence-corrected chi connectivity index (χ1v) is 17.0. The second-order valence-electron chi connectivity index (χ2n) is 12.9. The Kier molecular flexibility index (Phi) is 5.86. The van der Waals surface area contributed by atoms with Crippen molar-refractivity contribution >= 4 is 65.6 Å². The minimum Gasteiger partial charge on any atom is -0.456 e. The third-order valence-corrected chi connectivity index (χ3v) is 9.96. The van der Waals surface area contributed by atoms with Crippen LogP contribution in [0.5, 0.6) is 0 Å². The largest absolute Gasteiger partial charge is 0.456 e. The first kappa shape index (κ1) is 27.9. The summed E-state index contributed by atoms with van der Waals surface area (Å²) in [4.78, 5) is 15.3. The summed E-state index contributed by atoms with van der Waals surface area (Å²) in [5, 5.41) is 6.75. The molecule has 0 saturated heterocycles. The van der Waals surface area contributed by atoms with Crippen LogP contribution in [0.1, 0.15) is 0 Å². The second-order valence-corrected chi connectivity index (χ2v) is 12.9. The molecule has 0 bridgehead atoms. The number of para-hydroxylation sites is 3. The van der Waals surface area contributed by atoms with Crippen LogP contribution in [-0.4, -0.2) is 24.1 Å². The summed E-state index contributed by atoms with van der Waals surface area (Å²) in [6.45, 7) is 0. The first-order chi connectivity index (χ1) is 25.3. The van der Waals surface area contributed by atoms with E-state index in [2.05, 4.69) is 100 Å². The molecule has 0 spiro atoms. The SMILES string of the molecule is c1ccc(-c2nc(-c3ccccc3)nc(-n3c4ccccc4c4cc5c6cc7oc8ccccc8c7cc6n(-c6ccccc6)c5cc43)n2)cc1. The lowest BCUT2D eigenvalue weighted by Gasteiger charge is -2.11. The minimum atomic E-state index is 0.569. The molecular formula is C45H27N5O. The lowest BCUT2D eigenvalue weighted by atomic mass is 10.1. The van der Waals surface area contributed by atoms with Crippen LogP contribution in [0.4, 0.5) is 0 Å². The molecule has 4 aromatic heterocycles. The zero-order chi connectivity index (χ0) is 33.5. The van der Waals surface area contributed by atoms with E-state index in [0.717, 1.165) is 82.4 Å². The molecule has 6 nitrogen and oxygen atoms in total. The van der Waals surface area contributed by atoms with Crippen molar-refractivity contribution < 1.29 is 4.42 Å². The predicted octanol–water partition coefficient (Wildman–Crippen LogP) is 11.3. The topological polar surface area (TPSA) is 61.7 Å². The Labute approximate surface area is 291 Å². The molecule has 0 amide bonds. The number of hydrogen-bond acceptors (Lipinski definition) is 4. The van der Waals surface area contributed by atoms with Gasteiger partial charge in [0.15, 0.2) is 11.6 Å². The van der Waals surface area contributed by atoms with Crippen LogP contribution in [-0.2, 0) is 0 Å². The van der Waals surface area contributed by atoms with Crippen LogP contribution >= 0.6 is 0 Å². The van der Waals surface area contributed by atoms with Gasteiger partial charge in [0.2, 0.25) is 5.95 Å². The zero-order valence-electron chi connectivity index (χ0n) is 27.2. The summed E-state index contributed by atoms with van der Waals surface area (Å²) < 4.78 is 11.0. The highest BCUT2D eigenvalue weighted by molar-refractivity contribution is 6.22. The molecule has 51 heavy (non-hydrogen) atoms. The van der Waals surface area contributed by atoms with Gasteiger partial charge in [-0.1, -0.05) is 115 Å². The Morgan fingerprint density at radius 2 is 0.902 bits per heavy atom. The number of rotatable bonds is 4. The Bertz CT molecular complexity index is 3060. The maximum absolute atomic E-state index is 6.40. The fourth-order valence-electron chi connectivity index (χ4n) is 7.66. The second kappa shape index (κ2) is 10.7. The Morgan fingerprint density at radius 1 is 0.353 bits per heavy atom. The summed E-state index contributed by atoms with van der Waals surface area (Å²) in [7, 11) is 0. The van der Waals surface area contributed by atoms with Crippen LogP contribution in [0.3, 0.4) is 0 Å². The Balaban J connectivity index is 1.27. The van der Waals surface area contributed by atoms with Gasteiger partial charge in [-0.15, -0.1) is 0 Å². The number of aromatic nitrogens is 5. The van der Waals surface area contributed by atoms with Gasteiger partial charge in [0.25, 0.3) is 0 Å². The number of benzene rings is 7. The van der Waals surface area contributed by atoms with Crippen LogP contribution in [0.2, 0.25) is 0 Å². The van der Waals surface area contributed by atoms with Crippen LogP contribution in [0.15, 0.2) is 168 Å². The van der Waals surface area contributed by atoms with Gasteiger partial charge in [-0.3, -0.25) is 4.57 Å². The number of fused-ring (bicyclic) bond motifs is 9. The fourth-order valence-corrected chi connectivity index (χ4v) is 7.66. The van der Waals surface area contributed by atoms with Gasteiger partial charge in [0.05, 0.1) is 22.1 Å². The molecule has 6 heteroatoms. The standard InChI is InChI=1S/C45H27N5O/c1-4-14-28(15-5-1)43-46-44(29-16-6-2-7-17-29)48-45(47-43)50-37-22-12-10-20-31(37)33-24-34-35-26-42-36(32-21-11-13-23-41(32)51-42)25-38(35)49(39(34)27-40(33)50)30-18-8-3-9-19-30/h1-27H. The number of hydrogen-bond donors (Lipinski definition) is 0. The van der Waals surface area contributed by atoms with Crippen molar-refractivity contribution in [3.63, 3.8) is 0 Å². The molecule has 238 valence electrons. The molecular weight excluding hydrogens is 627 g/mol. The monoisotopic (exact) mass is 653 g/mol. The van der Waals surface area contributed by atoms with E-state index in [9.17, 15) is 0 Å². The van der Waals surface area contributed by atoms with Gasteiger partial charge >= 0.3 is 0 Å². The molecule has 0 atom stereocenters.